The molecule has 0 saturated carbocycles. The van der Waals surface area contributed by atoms with Crippen LogP contribution in [0.15, 0.2) is 64.2 Å². The Morgan fingerprint density at radius 1 is 1.18 bits per heavy atom. The number of ether oxygens (including phenoxy) is 1. The van der Waals surface area contributed by atoms with Crippen molar-refractivity contribution in [1.82, 2.24) is 9.55 Å². The highest BCUT2D eigenvalue weighted by molar-refractivity contribution is 5.98. The fourth-order valence-electron chi connectivity index (χ4n) is 3.49. The number of benzene rings is 2. The number of H-pyrrole nitrogens is 1. The molecular weight excluding hydrogens is 434 g/mol. The molecule has 3 aromatic rings. The van der Waals surface area contributed by atoms with Crippen molar-refractivity contribution in [3.63, 3.8) is 0 Å². The smallest absolute Gasteiger partial charge is 0.330 e. The Kier molecular flexibility index (Phi) is 7.88. The molecule has 34 heavy (non-hydrogen) atoms. The van der Waals surface area contributed by atoms with E-state index in [-0.39, 0.29) is 24.6 Å². The molecule has 0 fully saturated rings. The molecule has 1 heterocycles. The number of hydrogen-bond donors (Lipinski definition) is 2. The van der Waals surface area contributed by atoms with Gasteiger partial charge in [-0.25, -0.2) is 4.79 Å². The van der Waals surface area contributed by atoms with Crippen molar-refractivity contribution < 1.29 is 9.53 Å². The van der Waals surface area contributed by atoms with Crippen molar-refractivity contribution in [1.29, 1.82) is 5.26 Å². The zero-order valence-corrected chi connectivity index (χ0v) is 19.2. The molecule has 0 bridgehead atoms. The lowest BCUT2D eigenvalue weighted by Crippen LogP contribution is -2.46. The van der Waals surface area contributed by atoms with Gasteiger partial charge in [-0.05, 0) is 43.2 Å². The minimum Gasteiger partial charge on any atom is -0.481 e. The zero-order chi connectivity index (χ0) is 24.7. The minimum atomic E-state index is -0.946. The van der Waals surface area contributed by atoms with Gasteiger partial charge in [-0.2, -0.15) is 5.26 Å². The summed E-state index contributed by atoms with van der Waals surface area (Å²) in [5, 5.41) is 8.95. The van der Waals surface area contributed by atoms with E-state index < -0.39 is 23.3 Å². The maximum Gasteiger partial charge on any atom is 0.330 e. The van der Waals surface area contributed by atoms with Gasteiger partial charge in [0.15, 0.2) is 11.8 Å². The molecule has 1 unspecified atom stereocenters. The van der Waals surface area contributed by atoms with Crippen LogP contribution in [0.1, 0.15) is 37.8 Å². The Labute approximate surface area is 197 Å². The Bertz CT molecular complexity index is 1290. The molecule has 1 amide bonds. The second-order valence-electron chi connectivity index (χ2n) is 7.80. The van der Waals surface area contributed by atoms with Crippen LogP contribution in [0.4, 0.5) is 11.5 Å². The number of hydrogen-bond acceptors (Lipinski definition) is 6. The molecule has 0 aliphatic heterocycles. The van der Waals surface area contributed by atoms with E-state index in [1.807, 2.05) is 43.3 Å². The third kappa shape index (κ3) is 5.53. The minimum absolute atomic E-state index is 0.0794. The molecule has 0 aliphatic carbocycles. The number of carbonyl (C=O) groups excluding carboxylic acids is 1. The lowest BCUT2D eigenvalue weighted by atomic mass is 10.2. The van der Waals surface area contributed by atoms with Crippen LogP contribution in [0.3, 0.4) is 0 Å². The van der Waals surface area contributed by atoms with E-state index >= 15 is 0 Å². The predicted octanol–water partition coefficient (Wildman–Crippen LogP) is 2.64. The van der Waals surface area contributed by atoms with Crippen LogP contribution >= 0.6 is 0 Å². The zero-order valence-electron chi connectivity index (χ0n) is 19.2. The lowest BCUT2D eigenvalue weighted by molar-refractivity contribution is -0.124. The van der Waals surface area contributed by atoms with Gasteiger partial charge >= 0.3 is 5.69 Å². The summed E-state index contributed by atoms with van der Waals surface area (Å²) in [6.07, 6.45) is 0.445. The molecule has 0 aliphatic rings. The van der Waals surface area contributed by atoms with E-state index in [9.17, 15) is 14.4 Å². The summed E-state index contributed by atoms with van der Waals surface area (Å²) in [5.74, 6) is -0.154. The topological polar surface area (TPSA) is 134 Å². The maximum atomic E-state index is 13.4. The number of nitriles is 1. The number of aromatic amines is 1. The molecule has 2 aromatic carbocycles. The van der Waals surface area contributed by atoms with E-state index in [0.717, 1.165) is 12.0 Å². The molecule has 3 rings (SSSR count). The van der Waals surface area contributed by atoms with E-state index in [2.05, 4.69) is 4.98 Å². The second-order valence-corrected chi connectivity index (χ2v) is 7.80. The first-order valence-electron chi connectivity index (χ1n) is 11.0. The van der Waals surface area contributed by atoms with E-state index in [4.69, 9.17) is 15.7 Å². The number of amides is 1. The standard InChI is InChI=1S/C25H27N5O4/c1-3-4-14-29(24(32)17(2)34-20-12-10-18(15-26)11-13-20)21-22(27)30(25(33)28-23(21)31)16-19-8-6-5-7-9-19/h5-13,17H,3-4,14,16,27H2,1-2H3,(H,28,31,33). The average Bonchev–Trinajstić information content (AvgIpc) is 2.84. The number of rotatable bonds is 9. The third-order valence-electron chi connectivity index (χ3n) is 5.31. The van der Waals surface area contributed by atoms with Crippen LogP contribution in [-0.2, 0) is 11.3 Å². The molecule has 0 spiro atoms. The SMILES string of the molecule is CCCCN(C(=O)C(C)Oc1ccc(C#N)cc1)c1c(N)n(Cc2ccccc2)c(=O)[nH]c1=O. The Morgan fingerprint density at radius 2 is 1.85 bits per heavy atom. The highest BCUT2D eigenvalue weighted by Crippen LogP contribution is 2.21. The van der Waals surface area contributed by atoms with Gasteiger partial charge in [0.2, 0.25) is 0 Å². The Morgan fingerprint density at radius 3 is 2.47 bits per heavy atom. The number of aromatic nitrogens is 2. The van der Waals surface area contributed by atoms with Gasteiger partial charge in [-0.15, -0.1) is 0 Å². The molecule has 1 aromatic heterocycles. The summed E-state index contributed by atoms with van der Waals surface area (Å²) in [4.78, 5) is 42.3. The van der Waals surface area contributed by atoms with Crippen LogP contribution in [0.25, 0.3) is 0 Å². The number of nitrogen functional groups attached to an aromatic ring is 1. The van der Waals surface area contributed by atoms with Crippen molar-refractivity contribution in [3.8, 4) is 11.8 Å². The lowest BCUT2D eigenvalue weighted by Gasteiger charge is -2.27. The molecule has 0 radical (unpaired) electrons. The van der Waals surface area contributed by atoms with Crippen molar-refractivity contribution in [2.45, 2.75) is 39.3 Å². The summed E-state index contributed by atoms with van der Waals surface area (Å²) in [7, 11) is 0. The molecule has 176 valence electrons. The first kappa shape index (κ1) is 24.3. The van der Waals surface area contributed by atoms with Crippen molar-refractivity contribution in [2.75, 3.05) is 17.2 Å². The summed E-state index contributed by atoms with van der Waals surface area (Å²) >= 11 is 0. The van der Waals surface area contributed by atoms with Crippen LogP contribution in [0, 0.1) is 11.3 Å². The molecule has 9 heteroatoms. The van der Waals surface area contributed by atoms with E-state index in [0.29, 0.717) is 17.7 Å². The van der Waals surface area contributed by atoms with Crippen molar-refractivity contribution in [3.05, 3.63) is 86.6 Å². The summed E-state index contributed by atoms with van der Waals surface area (Å²) < 4.78 is 7.01. The van der Waals surface area contributed by atoms with Crippen LogP contribution in [0.5, 0.6) is 5.75 Å². The molecule has 3 N–H and O–H groups in total. The van der Waals surface area contributed by atoms with Gasteiger partial charge in [0.05, 0.1) is 18.2 Å². The molecule has 9 nitrogen and oxygen atoms in total. The van der Waals surface area contributed by atoms with Crippen LogP contribution < -0.4 is 26.6 Å². The summed E-state index contributed by atoms with van der Waals surface area (Å²) in [6.45, 7) is 3.91. The van der Waals surface area contributed by atoms with Crippen molar-refractivity contribution >= 4 is 17.4 Å². The number of unbranched alkanes of at least 4 members (excludes halogenated alkanes) is 1. The first-order chi connectivity index (χ1) is 16.3. The monoisotopic (exact) mass is 461 g/mol. The molecular formula is C25H27N5O4. The highest BCUT2D eigenvalue weighted by atomic mass is 16.5. The largest absolute Gasteiger partial charge is 0.481 e. The quantitative estimate of drug-likeness (QED) is 0.503. The van der Waals surface area contributed by atoms with Crippen LogP contribution in [-0.4, -0.2) is 28.1 Å². The summed E-state index contributed by atoms with van der Waals surface area (Å²) in [6, 6.07) is 17.6. The predicted molar refractivity (Wildman–Crippen MR) is 130 cm³/mol. The van der Waals surface area contributed by atoms with E-state index in [1.165, 1.54) is 9.47 Å². The number of nitrogens with zero attached hydrogens (tertiary/aromatic N) is 3. The van der Waals surface area contributed by atoms with Gasteiger partial charge in [0, 0.05) is 6.54 Å². The number of nitrogens with one attached hydrogen (secondary N) is 1. The fourth-order valence-corrected chi connectivity index (χ4v) is 3.49. The number of nitrogens with two attached hydrogens (primary N) is 1. The molecule has 1 atom stereocenters. The van der Waals surface area contributed by atoms with Gasteiger partial charge in [-0.3, -0.25) is 19.1 Å². The maximum absolute atomic E-state index is 13.4. The van der Waals surface area contributed by atoms with E-state index in [1.54, 1.807) is 31.2 Å². The Balaban J connectivity index is 1.96. The van der Waals surface area contributed by atoms with Crippen molar-refractivity contribution in [2.24, 2.45) is 0 Å². The second kappa shape index (κ2) is 11.0. The van der Waals surface area contributed by atoms with Gasteiger partial charge in [0.25, 0.3) is 11.5 Å². The van der Waals surface area contributed by atoms with Crippen LogP contribution in [0.2, 0.25) is 0 Å². The third-order valence-corrected chi connectivity index (χ3v) is 5.31. The van der Waals surface area contributed by atoms with Gasteiger partial charge in [-0.1, -0.05) is 43.7 Å². The van der Waals surface area contributed by atoms with Gasteiger partial charge < -0.3 is 15.4 Å². The highest BCUT2D eigenvalue weighted by Gasteiger charge is 2.28. The first-order valence-corrected chi connectivity index (χ1v) is 11.0. The normalized spacial score (nSPS) is 11.4. The summed E-state index contributed by atoms with van der Waals surface area (Å²) in [5.41, 5.74) is 6.13. The number of carbonyl (C=O) groups is 1. The Hall–Kier alpha value is -4.32. The fraction of sp³-hybridized carbons (Fsp3) is 0.280. The van der Waals surface area contributed by atoms with Gasteiger partial charge in [0.1, 0.15) is 11.6 Å². The number of anilines is 2. The average molecular weight is 462 g/mol. The molecule has 0 saturated heterocycles.